The first-order chi connectivity index (χ1) is 7.34. The highest BCUT2D eigenvalue weighted by Crippen LogP contribution is 2.20. The van der Waals surface area contributed by atoms with Crippen molar-refractivity contribution in [1.82, 2.24) is 0 Å². The molecule has 5 nitrogen and oxygen atoms in total. The fraction of sp³-hybridized carbons (Fsp3) is 0.111. The molecule has 4 N–H and O–H groups in total. The number of aliphatic carboxylic acids is 1. The van der Waals surface area contributed by atoms with Crippen LogP contribution in [0.15, 0.2) is 12.1 Å². The maximum atomic E-state index is 13.1. The van der Waals surface area contributed by atoms with Crippen molar-refractivity contribution in [3.63, 3.8) is 0 Å². The fourth-order valence-corrected chi connectivity index (χ4v) is 1.10. The molecule has 0 heterocycles. The first kappa shape index (κ1) is 12.1. The lowest BCUT2D eigenvalue weighted by Gasteiger charge is -2.09. The van der Waals surface area contributed by atoms with Gasteiger partial charge in [-0.05, 0) is 6.07 Å². The zero-order valence-electron chi connectivity index (χ0n) is 7.78. The Morgan fingerprint density at radius 3 is 2.19 bits per heavy atom. The average molecular weight is 231 g/mol. The highest BCUT2D eigenvalue weighted by atomic mass is 19.1. The van der Waals surface area contributed by atoms with Gasteiger partial charge in [0.05, 0.1) is 5.56 Å². The van der Waals surface area contributed by atoms with Crippen molar-refractivity contribution in [2.75, 3.05) is 0 Å². The van der Waals surface area contributed by atoms with Gasteiger partial charge in [0.2, 0.25) is 0 Å². The first-order valence-corrected chi connectivity index (χ1v) is 4.05. The van der Waals surface area contributed by atoms with Gasteiger partial charge in [-0.15, -0.1) is 0 Å². The topological polar surface area (TPSA) is 101 Å². The summed E-state index contributed by atoms with van der Waals surface area (Å²) in [4.78, 5) is 21.0. The minimum atomic E-state index is -1.74. The number of hydrogen-bond donors (Lipinski definition) is 3. The number of hydrogen-bond acceptors (Lipinski definition) is 3. The molecule has 7 heteroatoms. The zero-order chi connectivity index (χ0) is 12.5. The van der Waals surface area contributed by atoms with E-state index >= 15 is 0 Å². The van der Waals surface area contributed by atoms with Crippen LogP contribution in [-0.4, -0.2) is 22.2 Å². The van der Waals surface area contributed by atoms with Crippen LogP contribution in [-0.2, 0) is 4.79 Å². The quantitative estimate of drug-likeness (QED) is 0.712. The van der Waals surface area contributed by atoms with Gasteiger partial charge in [-0.25, -0.2) is 13.6 Å². The Hall–Kier alpha value is -2.02. The molecule has 0 aliphatic rings. The van der Waals surface area contributed by atoms with Gasteiger partial charge in [-0.1, -0.05) is 0 Å². The molecule has 0 radical (unpaired) electrons. The van der Waals surface area contributed by atoms with Crippen LogP contribution in [0.5, 0.6) is 0 Å². The van der Waals surface area contributed by atoms with Gasteiger partial charge < -0.3 is 15.9 Å². The van der Waals surface area contributed by atoms with E-state index in [1.165, 1.54) is 0 Å². The molecule has 0 bridgehead atoms. The van der Waals surface area contributed by atoms with Crippen molar-refractivity contribution in [3.8, 4) is 0 Å². The molecule has 16 heavy (non-hydrogen) atoms. The number of halogens is 2. The Labute approximate surface area is 88.1 Å². The number of carboxylic acids is 2. The molecule has 0 fully saturated rings. The number of benzene rings is 1. The molecule has 1 atom stereocenters. The summed E-state index contributed by atoms with van der Waals surface area (Å²) >= 11 is 0. The predicted octanol–water partition coefficient (Wildman–Crippen LogP) is 0.747. The number of nitrogens with two attached hydrogens (primary N) is 1. The second-order valence-corrected chi connectivity index (χ2v) is 2.97. The van der Waals surface area contributed by atoms with E-state index in [-0.39, 0.29) is 0 Å². The number of carboxylic acid groups (broad SMARTS) is 2. The molecule has 1 unspecified atom stereocenters. The highest BCUT2D eigenvalue weighted by molar-refractivity contribution is 5.88. The van der Waals surface area contributed by atoms with E-state index in [1.807, 2.05) is 0 Å². The summed E-state index contributed by atoms with van der Waals surface area (Å²) in [5.41, 5.74) is 3.70. The van der Waals surface area contributed by atoms with Gasteiger partial charge in [0.1, 0.15) is 17.7 Å². The van der Waals surface area contributed by atoms with Gasteiger partial charge >= 0.3 is 11.9 Å². The van der Waals surface area contributed by atoms with E-state index in [0.29, 0.717) is 12.1 Å². The van der Waals surface area contributed by atoms with Crippen molar-refractivity contribution in [3.05, 3.63) is 34.9 Å². The summed E-state index contributed by atoms with van der Waals surface area (Å²) in [6, 6.07) is -0.869. The summed E-state index contributed by atoms with van der Waals surface area (Å²) in [6.45, 7) is 0. The second-order valence-electron chi connectivity index (χ2n) is 2.97. The predicted molar refractivity (Wildman–Crippen MR) is 47.9 cm³/mol. The van der Waals surface area contributed by atoms with E-state index < -0.39 is 40.7 Å². The van der Waals surface area contributed by atoms with Crippen molar-refractivity contribution in [2.45, 2.75) is 6.04 Å². The minimum Gasteiger partial charge on any atom is -0.480 e. The van der Waals surface area contributed by atoms with Crippen LogP contribution in [0, 0.1) is 11.6 Å². The van der Waals surface area contributed by atoms with Gasteiger partial charge in [0.25, 0.3) is 0 Å². The van der Waals surface area contributed by atoms with E-state index in [4.69, 9.17) is 15.9 Å². The Morgan fingerprint density at radius 1 is 1.19 bits per heavy atom. The van der Waals surface area contributed by atoms with Crippen LogP contribution in [0.25, 0.3) is 0 Å². The normalized spacial score (nSPS) is 12.2. The Morgan fingerprint density at radius 2 is 1.75 bits per heavy atom. The van der Waals surface area contributed by atoms with E-state index in [9.17, 15) is 18.4 Å². The molecule has 0 amide bonds. The molecular weight excluding hydrogens is 224 g/mol. The molecular formula is C9H7F2NO4. The molecule has 1 aromatic carbocycles. The van der Waals surface area contributed by atoms with Crippen molar-refractivity contribution in [1.29, 1.82) is 0 Å². The summed E-state index contributed by atoms with van der Waals surface area (Å²) in [5, 5.41) is 17.1. The van der Waals surface area contributed by atoms with Crippen molar-refractivity contribution < 1.29 is 28.6 Å². The zero-order valence-corrected chi connectivity index (χ0v) is 7.78. The Kier molecular flexibility index (Phi) is 3.19. The maximum absolute atomic E-state index is 13.1. The number of carbonyl (C=O) groups is 2. The molecule has 86 valence electrons. The van der Waals surface area contributed by atoms with Crippen LogP contribution in [0.3, 0.4) is 0 Å². The van der Waals surface area contributed by atoms with Crippen molar-refractivity contribution >= 4 is 11.9 Å². The third-order valence-corrected chi connectivity index (χ3v) is 1.92. The lowest BCUT2D eigenvalue weighted by Crippen LogP contribution is -2.22. The summed E-state index contributed by atoms with van der Waals surface area (Å²) in [7, 11) is 0. The second kappa shape index (κ2) is 4.23. The van der Waals surface area contributed by atoms with Crippen LogP contribution >= 0.6 is 0 Å². The van der Waals surface area contributed by atoms with Gasteiger partial charge in [-0.2, -0.15) is 0 Å². The van der Waals surface area contributed by atoms with Crippen LogP contribution < -0.4 is 5.73 Å². The van der Waals surface area contributed by atoms with Gasteiger partial charge in [-0.3, -0.25) is 4.79 Å². The van der Waals surface area contributed by atoms with E-state index in [1.54, 1.807) is 0 Å². The largest absolute Gasteiger partial charge is 0.480 e. The van der Waals surface area contributed by atoms with Crippen LogP contribution in [0.1, 0.15) is 22.0 Å². The number of aromatic carboxylic acids is 1. The molecule has 0 spiro atoms. The van der Waals surface area contributed by atoms with E-state index in [2.05, 4.69) is 0 Å². The molecule has 0 aromatic heterocycles. The molecule has 1 rings (SSSR count). The summed E-state index contributed by atoms with van der Waals surface area (Å²) in [6.07, 6.45) is 0. The fourth-order valence-electron chi connectivity index (χ4n) is 1.10. The highest BCUT2D eigenvalue weighted by Gasteiger charge is 2.22. The lowest BCUT2D eigenvalue weighted by atomic mass is 10.0. The van der Waals surface area contributed by atoms with Gasteiger partial charge in [0.15, 0.2) is 0 Å². The third kappa shape index (κ3) is 2.14. The molecule has 0 aliphatic carbocycles. The van der Waals surface area contributed by atoms with Gasteiger partial charge in [0, 0.05) is 11.6 Å². The molecule has 0 saturated heterocycles. The summed E-state index contributed by atoms with van der Waals surface area (Å²) in [5.74, 6) is -5.65. The lowest BCUT2D eigenvalue weighted by molar-refractivity contribution is -0.138. The smallest absolute Gasteiger partial charge is 0.338 e. The minimum absolute atomic E-state index is 0.293. The SMILES string of the molecule is NC(C(=O)O)c1cc(C(=O)O)c(F)cc1F. The third-order valence-electron chi connectivity index (χ3n) is 1.92. The maximum Gasteiger partial charge on any atom is 0.338 e. The van der Waals surface area contributed by atoms with Crippen molar-refractivity contribution in [2.24, 2.45) is 5.73 Å². The first-order valence-electron chi connectivity index (χ1n) is 4.05. The monoisotopic (exact) mass is 231 g/mol. The van der Waals surface area contributed by atoms with Crippen LogP contribution in [0.4, 0.5) is 8.78 Å². The summed E-state index contributed by atoms with van der Waals surface area (Å²) < 4.78 is 26.1. The average Bonchev–Trinajstić information content (AvgIpc) is 2.16. The van der Waals surface area contributed by atoms with E-state index in [0.717, 1.165) is 0 Å². The molecule has 0 aliphatic heterocycles. The number of rotatable bonds is 3. The Balaban J connectivity index is 3.35. The van der Waals surface area contributed by atoms with Crippen LogP contribution in [0.2, 0.25) is 0 Å². The molecule has 0 saturated carbocycles. The standard InChI is InChI=1S/C9H7F2NO4/c10-5-2-6(11)4(8(13)14)1-3(5)7(12)9(15)16/h1-2,7H,12H2,(H,13,14)(H,15,16). The Bertz CT molecular complexity index is 461. The molecule has 1 aromatic rings.